The van der Waals surface area contributed by atoms with Crippen molar-refractivity contribution in [1.29, 1.82) is 0 Å². The van der Waals surface area contributed by atoms with Gasteiger partial charge in [-0.3, -0.25) is 24.2 Å². The number of ether oxygens (including phenoxy) is 3. The fourth-order valence-corrected chi connectivity index (χ4v) is 4.52. The molecule has 1 aliphatic rings. The number of pyridine rings is 1. The van der Waals surface area contributed by atoms with E-state index >= 15 is 0 Å². The highest BCUT2D eigenvalue weighted by atomic mass is 19.1. The first kappa shape index (κ1) is 30.0. The minimum absolute atomic E-state index is 0.00445. The number of carbonyl (C=O) groups excluding carboxylic acids is 4. The van der Waals surface area contributed by atoms with Gasteiger partial charge >= 0.3 is 5.97 Å². The van der Waals surface area contributed by atoms with Crippen LogP contribution in [0.4, 0.5) is 15.8 Å². The fraction of sp³-hybridized carbons (Fsp3) is 0.219. The van der Waals surface area contributed by atoms with Crippen LogP contribution in [0.1, 0.15) is 37.0 Å². The third-order valence-electron chi connectivity index (χ3n) is 6.97. The molecule has 5 rings (SSSR count). The molecule has 0 saturated heterocycles. The molecular weight excluding hydrogens is 571 g/mol. The third kappa shape index (κ3) is 6.75. The van der Waals surface area contributed by atoms with Crippen LogP contribution < -0.4 is 25.8 Å². The molecule has 1 unspecified atom stereocenters. The Balaban J connectivity index is 1.27. The second-order valence-electron chi connectivity index (χ2n) is 10.4. The Bertz CT molecular complexity index is 1740. The van der Waals surface area contributed by atoms with Crippen LogP contribution in [-0.2, 0) is 19.1 Å². The highest BCUT2D eigenvalue weighted by Gasteiger charge is 2.56. The molecule has 0 spiro atoms. The molecule has 226 valence electrons. The molecule has 1 aliphatic carbocycles. The van der Waals surface area contributed by atoms with Crippen LogP contribution in [0.15, 0.2) is 72.9 Å². The van der Waals surface area contributed by atoms with Crippen LogP contribution in [0.5, 0.6) is 17.2 Å². The molecule has 0 radical (unpaired) electrons. The van der Waals surface area contributed by atoms with Gasteiger partial charge in [0, 0.05) is 35.9 Å². The number of nitrogens with one attached hydrogen (secondary N) is 2. The Kier molecular flexibility index (Phi) is 8.43. The molecule has 4 aromatic rings. The summed E-state index contributed by atoms with van der Waals surface area (Å²) in [6, 6.07) is 16.6. The second-order valence-corrected chi connectivity index (χ2v) is 10.4. The number of nitrogens with zero attached hydrogens (tertiary/aromatic N) is 1. The van der Waals surface area contributed by atoms with Crippen molar-refractivity contribution >= 4 is 46.0 Å². The van der Waals surface area contributed by atoms with Crippen molar-refractivity contribution in [2.75, 3.05) is 17.2 Å². The molecule has 11 nitrogen and oxygen atoms in total. The van der Waals surface area contributed by atoms with E-state index in [4.69, 9.17) is 19.9 Å². The molecule has 1 heterocycles. The summed E-state index contributed by atoms with van der Waals surface area (Å²) in [6.07, 6.45) is 1.78. The Morgan fingerprint density at radius 1 is 0.932 bits per heavy atom. The van der Waals surface area contributed by atoms with Crippen molar-refractivity contribution in [2.45, 2.75) is 32.8 Å². The van der Waals surface area contributed by atoms with E-state index in [1.807, 2.05) is 0 Å². The van der Waals surface area contributed by atoms with E-state index in [0.29, 0.717) is 46.6 Å². The van der Waals surface area contributed by atoms with Crippen LogP contribution in [0.2, 0.25) is 0 Å². The lowest BCUT2D eigenvalue weighted by Crippen LogP contribution is -2.35. The molecule has 1 aromatic heterocycles. The molecule has 3 amide bonds. The van der Waals surface area contributed by atoms with Gasteiger partial charge in [0.1, 0.15) is 41.2 Å². The molecule has 12 heteroatoms. The van der Waals surface area contributed by atoms with Gasteiger partial charge in [-0.2, -0.15) is 0 Å². The average molecular weight is 601 g/mol. The standard InChI is InChI=1S/C32H29FN4O7/c1-18(43-19(2)38)17-42-28-16-26-24(15-25(28)29(34)39)27(11-14-35-26)44-23-9-7-22(8-10-23)37-31(41)32(12-13-32)30(40)36-21-5-3-20(33)4-6-21/h3-11,14-16,18H,12-13,17H2,1-2H3,(H2,34,39)(H,36,40)(H,37,41). The van der Waals surface area contributed by atoms with E-state index in [0.717, 1.165) is 0 Å². The summed E-state index contributed by atoms with van der Waals surface area (Å²) >= 11 is 0. The Hall–Kier alpha value is -5.52. The van der Waals surface area contributed by atoms with Crippen LogP contribution >= 0.6 is 0 Å². The monoisotopic (exact) mass is 600 g/mol. The zero-order valence-electron chi connectivity index (χ0n) is 23.9. The molecule has 1 saturated carbocycles. The van der Waals surface area contributed by atoms with E-state index in [1.165, 1.54) is 43.5 Å². The number of rotatable bonds is 11. The molecule has 44 heavy (non-hydrogen) atoms. The topological polar surface area (TPSA) is 159 Å². The summed E-state index contributed by atoms with van der Waals surface area (Å²) in [5.74, 6) is -1.48. The van der Waals surface area contributed by atoms with E-state index < -0.39 is 41.0 Å². The molecule has 3 aromatic carbocycles. The number of amides is 3. The van der Waals surface area contributed by atoms with Crippen LogP contribution in [0.3, 0.4) is 0 Å². The van der Waals surface area contributed by atoms with E-state index in [2.05, 4.69) is 15.6 Å². The second kappa shape index (κ2) is 12.4. The number of halogens is 1. The lowest BCUT2D eigenvalue weighted by atomic mass is 10.0. The number of esters is 1. The maximum absolute atomic E-state index is 13.2. The average Bonchev–Trinajstić information content (AvgIpc) is 3.80. The van der Waals surface area contributed by atoms with Crippen molar-refractivity contribution in [3.05, 3.63) is 84.3 Å². The first-order chi connectivity index (χ1) is 21.0. The Labute approximate surface area is 251 Å². The van der Waals surface area contributed by atoms with Gasteiger partial charge in [-0.1, -0.05) is 0 Å². The lowest BCUT2D eigenvalue weighted by molar-refractivity contribution is -0.146. The van der Waals surface area contributed by atoms with Gasteiger partial charge < -0.3 is 30.6 Å². The molecular formula is C32H29FN4O7. The van der Waals surface area contributed by atoms with Gasteiger partial charge in [-0.05, 0) is 80.4 Å². The van der Waals surface area contributed by atoms with E-state index in [-0.39, 0.29) is 17.9 Å². The fourth-order valence-electron chi connectivity index (χ4n) is 4.52. The minimum Gasteiger partial charge on any atom is -0.489 e. The number of aromatic nitrogens is 1. The smallest absolute Gasteiger partial charge is 0.303 e. The molecule has 0 bridgehead atoms. The Morgan fingerprint density at radius 2 is 1.55 bits per heavy atom. The molecule has 1 fully saturated rings. The highest BCUT2D eigenvalue weighted by molar-refractivity contribution is 6.17. The van der Waals surface area contributed by atoms with Gasteiger partial charge in [0.05, 0.1) is 11.1 Å². The summed E-state index contributed by atoms with van der Waals surface area (Å²) < 4.78 is 30.0. The Morgan fingerprint density at radius 3 is 2.11 bits per heavy atom. The summed E-state index contributed by atoms with van der Waals surface area (Å²) in [6.45, 7) is 2.95. The predicted molar refractivity (Wildman–Crippen MR) is 159 cm³/mol. The maximum Gasteiger partial charge on any atom is 0.303 e. The predicted octanol–water partition coefficient (Wildman–Crippen LogP) is 4.95. The zero-order valence-corrected chi connectivity index (χ0v) is 23.9. The van der Waals surface area contributed by atoms with Gasteiger partial charge in [0.25, 0.3) is 5.91 Å². The van der Waals surface area contributed by atoms with Gasteiger partial charge in [0.15, 0.2) is 0 Å². The number of carbonyl (C=O) groups is 4. The number of primary amides is 1. The van der Waals surface area contributed by atoms with Crippen molar-refractivity contribution in [2.24, 2.45) is 11.1 Å². The minimum atomic E-state index is -1.20. The largest absolute Gasteiger partial charge is 0.489 e. The number of anilines is 2. The summed E-state index contributed by atoms with van der Waals surface area (Å²) in [5, 5.41) is 5.96. The molecule has 4 N–H and O–H groups in total. The van der Waals surface area contributed by atoms with Gasteiger partial charge in [-0.25, -0.2) is 4.39 Å². The maximum atomic E-state index is 13.2. The van der Waals surface area contributed by atoms with Crippen molar-refractivity contribution in [1.82, 2.24) is 4.98 Å². The van der Waals surface area contributed by atoms with Gasteiger partial charge in [-0.15, -0.1) is 0 Å². The molecule has 1 atom stereocenters. The summed E-state index contributed by atoms with van der Waals surface area (Å²) in [7, 11) is 0. The number of nitrogens with two attached hydrogens (primary N) is 1. The number of fused-ring (bicyclic) bond motifs is 1. The van der Waals surface area contributed by atoms with Crippen molar-refractivity contribution < 1.29 is 37.8 Å². The third-order valence-corrected chi connectivity index (χ3v) is 6.97. The lowest BCUT2D eigenvalue weighted by Gasteiger charge is -2.16. The van der Waals surface area contributed by atoms with Crippen LogP contribution in [0, 0.1) is 11.2 Å². The number of benzene rings is 3. The highest BCUT2D eigenvalue weighted by Crippen LogP contribution is 2.47. The van der Waals surface area contributed by atoms with E-state index in [9.17, 15) is 23.6 Å². The van der Waals surface area contributed by atoms with Crippen LogP contribution in [0.25, 0.3) is 10.9 Å². The van der Waals surface area contributed by atoms with Crippen molar-refractivity contribution in [3.8, 4) is 17.2 Å². The summed E-state index contributed by atoms with van der Waals surface area (Å²) in [4.78, 5) is 53.6. The number of hydrogen-bond acceptors (Lipinski definition) is 8. The quantitative estimate of drug-likeness (QED) is 0.161. The first-order valence-electron chi connectivity index (χ1n) is 13.7. The SMILES string of the molecule is CC(=O)OC(C)COc1cc2nccc(Oc3ccc(NC(=O)C4(C(=O)Nc5ccc(F)cc5)CC4)cc3)c2cc1C(N)=O. The van der Waals surface area contributed by atoms with E-state index in [1.54, 1.807) is 43.3 Å². The normalized spacial score (nSPS) is 13.8. The zero-order chi connectivity index (χ0) is 31.4. The van der Waals surface area contributed by atoms with Crippen LogP contribution in [-0.4, -0.2) is 41.4 Å². The number of hydrogen-bond donors (Lipinski definition) is 3. The van der Waals surface area contributed by atoms with Crippen molar-refractivity contribution in [3.63, 3.8) is 0 Å². The summed E-state index contributed by atoms with van der Waals surface area (Å²) in [5.41, 5.74) is 5.85. The van der Waals surface area contributed by atoms with Gasteiger partial charge in [0.2, 0.25) is 11.8 Å². The molecule has 0 aliphatic heterocycles. The first-order valence-corrected chi connectivity index (χ1v) is 13.7.